The molecule has 6 heteroatoms. The normalized spacial score (nSPS) is 12.9. The minimum absolute atomic E-state index is 0.0724. The molecule has 3 nitrogen and oxygen atoms in total. The Labute approximate surface area is 138 Å². The lowest BCUT2D eigenvalue weighted by Crippen LogP contribution is -2.25. The van der Waals surface area contributed by atoms with E-state index >= 15 is 0 Å². The zero-order valence-corrected chi connectivity index (χ0v) is 13.1. The number of hydrogen-bond acceptors (Lipinski definition) is 3. The predicted octanol–water partition coefficient (Wildman–Crippen LogP) is 3.74. The molecule has 1 unspecified atom stereocenters. The quantitative estimate of drug-likeness (QED) is 0.906. The number of alkyl halides is 3. The molecule has 2 rings (SSSR count). The molecule has 126 valence electrons. The van der Waals surface area contributed by atoms with Gasteiger partial charge in [-0.05, 0) is 36.4 Å². The number of hydrogen-bond donors (Lipinski definition) is 1. The first-order valence-corrected chi connectivity index (χ1v) is 7.33. The van der Waals surface area contributed by atoms with Gasteiger partial charge in [0.25, 0.3) is 0 Å². The summed E-state index contributed by atoms with van der Waals surface area (Å²) in [5.74, 6) is 0. The molecule has 2 aromatic rings. The monoisotopic (exact) mass is 334 g/mol. The van der Waals surface area contributed by atoms with E-state index in [1.807, 2.05) is 6.07 Å². The minimum atomic E-state index is -4.40. The smallest absolute Gasteiger partial charge is 0.387 e. The Hall–Kier alpha value is -2.36. The van der Waals surface area contributed by atoms with Crippen LogP contribution in [0.25, 0.3) is 0 Å². The second-order valence-corrected chi connectivity index (χ2v) is 5.60. The minimum Gasteiger partial charge on any atom is -0.387 e. The van der Waals surface area contributed by atoms with Gasteiger partial charge in [0.2, 0.25) is 0 Å². The summed E-state index contributed by atoms with van der Waals surface area (Å²) in [4.78, 5) is 1.63. The largest absolute Gasteiger partial charge is 0.416 e. The summed E-state index contributed by atoms with van der Waals surface area (Å²) in [5, 5.41) is 19.0. The van der Waals surface area contributed by atoms with Crippen molar-refractivity contribution in [2.24, 2.45) is 0 Å². The van der Waals surface area contributed by atoms with Crippen molar-refractivity contribution < 1.29 is 18.3 Å². The maximum absolute atomic E-state index is 13.0. The van der Waals surface area contributed by atoms with E-state index in [0.29, 0.717) is 11.1 Å². The molecule has 1 N–H and O–H groups in total. The Balaban J connectivity index is 2.05. The third-order valence-electron chi connectivity index (χ3n) is 3.67. The summed E-state index contributed by atoms with van der Waals surface area (Å²) in [5.41, 5.74) is 0.604. The summed E-state index contributed by atoms with van der Waals surface area (Å²) < 4.78 is 39.0. The van der Waals surface area contributed by atoms with Gasteiger partial charge in [-0.25, -0.2) is 0 Å². The van der Waals surface area contributed by atoms with Crippen molar-refractivity contribution in [1.29, 1.82) is 5.26 Å². The standard InChI is InChI=1S/C18H17F3N2O/c1-23(11-15-4-2-3-5-16(15)18(19,20)21)12-17(24)14-8-6-13(10-22)7-9-14/h2-9,17,24H,11-12H2,1H3. The first kappa shape index (κ1) is 18.0. The van der Waals surface area contributed by atoms with Crippen LogP contribution in [0.1, 0.15) is 28.4 Å². The van der Waals surface area contributed by atoms with Crippen molar-refractivity contribution in [2.45, 2.75) is 18.8 Å². The highest BCUT2D eigenvalue weighted by molar-refractivity contribution is 5.33. The highest BCUT2D eigenvalue weighted by Gasteiger charge is 2.33. The van der Waals surface area contributed by atoms with Gasteiger partial charge in [0.15, 0.2) is 0 Å². The first-order chi connectivity index (χ1) is 11.3. The van der Waals surface area contributed by atoms with Crippen LogP contribution in [0.4, 0.5) is 13.2 Å². The van der Waals surface area contributed by atoms with Crippen molar-refractivity contribution >= 4 is 0 Å². The Kier molecular flexibility index (Phi) is 5.60. The Morgan fingerprint density at radius 1 is 1.12 bits per heavy atom. The lowest BCUT2D eigenvalue weighted by Gasteiger charge is -2.22. The molecule has 24 heavy (non-hydrogen) atoms. The SMILES string of the molecule is CN(Cc1ccccc1C(F)(F)F)CC(O)c1ccc(C#N)cc1. The van der Waals surface area contributed by atoms with E-state index in [1.165, 1.54) is 12.1 Å². The Morgan fingerprint density at radius 3 is 2.33 bits per heavy atom. The molecule has 0 spiro atoms. The molecule has 0 saturated carbocycles. The van der Waals surface area contributed by atoms with E-state index in [2.05, 4.69) is 0 Å². The van der Waals surface area contributed by atoms with E-state index in [9.17, 15) is 18.3 Å². The Morgan fingerprint density at radius 2 is 1.75 bits per heavy atom. The van der Waals surface area contributed by atoms with Gasteiger partial charge in [0.1, 0.15) is 0 Å². The summed E-state index contributed by atoms with van der Waals surface area (Å²) in [6.07, 6.45) is -5.25. The number of halogens is 3. The van der Waals surface area contributed by atoms with Crippen LogP contribution >= 0.6 is 0 Å². The third-order valence-corrected chi connectivity index (χ3v) is 3.67. The molecule has 2 aromatic carbocycles. The van der Waals surface area contributed by atoms with Crippen LogP contribution in [0, 0.1) is 11.3 Å². The molecule has 1 atom stereocenters. The third kappa shape index (κ3) is 4.57. The van der Waals surface area contributed by atoms with Crippen molar-refractivity contribution in [3.63, 3.8) is 0 Å². The molecule has 0 aliphatic carbocycles. The first-order valence-electron chi connectivity index (χ1n) is 7.33. The van der Waals surface area contributed by atoms with Crippen molar-refractivity contribution in [3.8, 4) is 6.07 Å². The van der Waals surface area contributed by atoms with Crippen LogP contribution in [-0.2, 0) is 12.7 Å². The zero-order valence-electron chi connectivity index (χ0n) is 13.1. The summed E-state index contributed by atoms with van der Waals surface area (Å²) in [6, 6.07) is 13.9. The molecular formula is C18H17F3N2O. The molecule has 0 radical (unpaired) electrons. The number of nitrogens with zero attached hydrogens (tertiary/aromatic N) is 2. The average Bonchev–Trinajstić information content (AvgIpc) is 2.54. The summed E-state index contributed by atoms with van der Waals surface area (Å²) in [7, 11) is 1.65. The van der Waals surface area contributed by atoms with Crippen LogP contribution in [0.3, 0.4) is 0 Å². The number of aliphatic hydroxyl groups excluding tert-OH is 1. The highest BCUT2D eigenvalue weighted by atomic mass is 19.4. The maximum Gasteiger partial charge on any atom is 0.416 e. The zero-order chi connectivity index (χ0) is 17.7. The number of rotatable bonds is 5. The van der Waals surface area contributed by atoms with Crippen LogP contribution in [0.5, 0.6) is 0 Å². The fourth-order valence-corrected chi connectivity index (χ4v) is 2.47. The average molecular weight is 334 g/mol. The fourth-order valence-electron chi connectivity index (χ4n) is 2.47. The van der Waals surface area contributed by atoms with Gasteiger partial charge in [0, 0.05) is 13.1 Å². The van der Waals surface area contributed by atoms with Crippen molar-refractivity contribution in [1.82, 2.24) is 4.90 Å². The predicted molar refractivity (Wildman–Crippen MR) is 83.9 cm³/mol. The van der Waals surface area contributed by atoms with Crippen molar-refractivity contribution in [2.75, 3.05) is 13.6 Å². The van der Waals surface area contributed by atoms with Crippen LogP contribution in [0.2, 0.25) is 0 Å². The highest BCUT2D eigenvalue weighted by Crippen LogP contribution is 2.32. The molecule has 0 fully saturated rings. The van der Waals surface area contributed by atoms with Crippen LogP contribution in [-0.4, -0.2) is 23.6 Å². The van der Waals surface area contributed by atoms with E-state index in [-0.39, 0.29) is 18.7 Å². The van der Waals surface area contributed by atoms with Gasteiger partial charge in [0.05, 0.1) is 23.3 Å². The Bertz CT molecular complexity index is 720. The lowest BCUT2D eigenvalue weighted by molar-refractivity contribution is -0.138. The van der Waals surface area contributed by atoms with Gasteiger partial charge in [-0.1, -0.05) is 30.3 Å². The van der Waals surface area contributed by atoms with E-state index in [4.69, 9.17) is 5.26 Å². The number of likely N-dealkylation sites (N-methyl/N-ethyl adjacent to an activating group) is 1. The van der Waals surface area contributed by atoms with E-state index in [1.54, 1.807) is 42.3 Å². The van der Waals surface area contributed by atoms with Gasteiger partial charge >= 0.3 is 6.18 Å². The van der Waals surface area contributed by atoms with E-state index < -0.39 is 17.8 Å². The molecule has 0 aromatic heterocycles. The summed E-state index contributed by atoms with van der Waals surface area (Å²) in [6.45, 7) is 0.251. The molecule has 0 aliphatic rings. The van der Waals surface area contributed by atoms with Crippen LogP contribution < -0.4 is 0 Å². The lowest BCUT2D eigenvalue weighted by atomic mass is 10.0. The number of nitriles is 1. The molecular weight excluding hydrogens is 317 g/mol. The van der Waals surface area contributed by atoms with Gasteiger partial charge in [-0.2, -0.15) is 18.4 Å². The van der Waals surface area contributed by atoms with Gasteiger partial charge in [-0.15, -0.1) is 0 Å². The van der Waals surface area contributed by atoms with Crippen molar-refractivity contribution in [3.05, 3.63) is 70.8 Å². The number of benzene rings is 2. The second kappa shape index (κ2) is 7.47. The second-order valence-electron chi connectivity index (χ2n) is 5.60. The van der Waals surface area contributed by atoms with Gasteiger partial charge in [-0.3, -0.25) is 4.90 Å². The summed E-state index contributed by atoms with van der Waals surface area (Å²) >= 11 is 0. The number of aliphatic hydroxyl groups is 1. The maximum atomic E-state index is 13.0. The van der Waals surface area contributed by atoms with Gasteiger partial charge < -0.3 is 5.11 Å². The van der Waals surface area contributed by atoms with Crippen LogP contribution in [0.15, 0.2) is 48.5 Å². The molecule has 0 heterocycles. The molecule has 0 aliphatic heterocycles. The molecule has 0 amide bonds. The molecule has 0 saturated heterocycles. The fraction of sp³-hybridized carbons (Fsp3) is 0.278. The topological polar surface area (TPSA) is 47.3 Å². The van der Waals surface area contributed by atoms with E-state index in [0.717, 1.165) is 6.07 Å². The molecule has 0 bridgehead atoms.